The summed E-state index contributed by atoms with van der Waals surface area (Å²) in [5, 5.41) is 12.0. The summed E-state index contributed by atoms with van der Waals surface area (Å²) in [6, 6.07) is 11.7. The van der Waals surface area contributed by atoms with Gasteiger partial charge in [-0.2, -0.15) is 5.26 Å². The van der Waals surface area contributed by atoms with Crippen molar-refractivity contribution in [2.45, 2.75) is 6.54 Å². The van der Waals surface area contributed by atoms with Crippen LogP contribution in [0.2, 0.25) is 0 Å². The number of hydrogen-bond acceptors (Lipinski definition) is 3. The Morgan fingerprint density at radius 3 is 2.80 bits per heavy atom. The number of nitriles is 1. The van der Waals surface area contributed by atoms with Crippen LogP contribution in [0.1, 0.15) is 11.1 Å². The summed E-state index contributed by atoms with van der Waals surface area (Å²) in [6.45, 7) is 0.445. The van der Waals surface area contributed by atoms with Crippen LogP contribution < -0.4 is 10.1 Å². The third-order valence-corrected chi connectivity index (χ3v) is 3.58. The fraction of sp³-hybridized carbons (Fsp3) is 0.133. The summed E-state index contributed by atoms with van der Waals surface area (Å²) in [6.07, 6.45) is 0. The monoisotopic (exact) mass is 334 g/mol. The summed E-state index contributed by atoms with van der Waals surface area (Å²) >= 11 is 3.38. The number of benzene rings is 2. The normalized spacial score (nSPS) is 9.90. The average molecular weight is 335 g/mol. The highest BCUT2D eigenvalue weighted by Gasteiger charge is 2.06. The van der Waals surface area contributed by atoms with Crippen molar-refractivity contribution in [3.63, 3.8) is 0 Å². The number of halogens is 2. The van der Waals surface area contributed by atoms with Gasteiger partial charge in [-0.05, 0) is 35.9 Å². The number of nitrogens with zero attached hydrogens (tertiary/aromatic N) is 1. The van der Waals surface area contributed by atoms with Gasteiger partial charge in [-0.1, -0.05) is 15.9 Å². The van der Waals surface area contributed by atoms with Crippen LogP contribution in [0, 0.1) is 17.1 Å². The van der Waals surface area contributed by atoms with E-state index in [1.165, 1.54) is 12.1 Å². The molecular weight excluding hydrogens is 323 g/mol. The standard InChI is InChI=1S/C15H12BrFN2O/c1-20-15-6-10(8-18)2-5-14(15)19-9-11-7-12(17)3-4-13(11)16/h2-7,19H,9H2,1H3. The Balaban J connectivity index is 2.19. The molecule has 0 saturated heterocycles. The topological polar surface area (TPSA) is 45.0 Å². The van der Waals surface area contributed by atoms with Crippen LogP contribution in [0.3, 0.4) is 0 Å². The summed E-state index contributed by atoms with van der Waals surface area (Å²) in [5.74, 6) is 0.299. The molecule has 0 unspecified atom stereocenters. The van der Waals surface area contributed by atoms with Crippen molar-refractivity contribution in [2.75, 3.05) is 12.4 Å². The fourth-order valence-electron chi connectivity index (χ4n) is 1.78. The largest absolute Gasteiger partial charge is 0.495 e. The molecule has 0 aliphatic carbocycles. The second kappa shape index (κ2) is 6.40. The van der Waals surface area contributed by atoms with Crippen molar-refractivity contribution >= 4 is 21.6 Å². The van der Waals surface area contributed by atoms with Crippen LogP contribution in [0.25, 0.3) is 0 Å². The van der Waals surface area contributed by atoms with E-state index in [-0.39, 0.29) is 5.82 Å². The molecule has 0 aromatic heterocycles. The van der Waals surface area contributed by atoms with Gasteiger partial charge in [0.05, 0.1) is 24.4 Å². The van der Waals surface area contributed by atoms with E-state index in [9.17, 15) is 4.39 Å². The van der Waals surface area contributed by atoms with Gasteiger partial charge < -0.3 is 10.1 Å². The second-order valence-corrected chi connectivity index (χ2v) is 4.97. The maximum atomic E-state index is 13.2. The Kier molecular flexibility index (Phi) is 4.59. The van der Waals surface area contributed by atoms with Gasteiger partial charge in [-0.25, -0.2) is 4.39 Å². The first-order valence-corrected chi connectivity index (χ1v) is 6.69. The molecule has 1 N–H and O–H groups in total. The van der Waals surface area contributed by atoms with Crippen LogP contribution in [0.4, 0.5) is 10.1 Å². The smallest absolute Gasteiger partial charge is 0.143 e. The first kappa shape index (κ1) is 14.4. The predicted octanol–water partition coefficient (Wildman–Crippen LogP) is 4.08. The highest BCUT2D eigenvalue weighted by atomic mass is 79.9. The van der Waals surface area contributed by atoms with Gasteiger partial charge in [0.15, 0.2) is 0 Å². The molecule has 0 fully saturated rings. The molecule has 2 aromatic rings. The van der Waals surface area contributed by atoms with Gasteiger partial charge in [0, 0.05) is 17.1 Å². The van der Waals surface area contributed by atoms with E-state index in [4.69, 9.17) is 10.00 Å². The zero-order valence-electron chi connectivity index (χ0n) is 10.8. The van der Waals surface area contributed by atoms with Crippen molar-refractivity contribution in [1.29, 1.82) is 5.26 Å². The molecule has 0 aliphatic rings. The molecule has 2 rings (SSSR count). The number of methoxy groups -OCH3 is 1. The summed E-state index contributed by atoms with van der Waals surface area (Å²) in [7, 11) is 1.54. The molecule has 0 amide bonds. The van der Waals surface area contributed by atoms with Gasteiger partial charge in [0.25, 0.3) is 0 Å². The third kappa shape index (κ3) is 3.28. The lowest BCUT2D eigenvalue weighted by Crippen LogP contribution is -2.02. The van der Waals surface area contributed by atoms with E-state index in [0.29, 0.717) is 17.9 Å². The Morgan fingerprint density at radius 1 is 1.30 bits per heavy atom. The summed E-state index contributed by atoms with van der Waals surface area (Å²) < 4.78 is 19.3. The first-order chi connectivity index (χ1) is 9.63. The highest BCUT2D eigenvalue weighted by Crippen LogP contribution is 2.27. The minimum Gasteiger partial charge on any atom is -0.495 e. The highest BCUT2D eigenvalue weighted by molar-refractivity contribution is 9.10. The molecule has 0 spiro atoms. The molecular formula is C15H12BrFN2O. The van der Waals surface area contributed by atoms with Gasteiger partial charge in [0.2, 0.25) is 0 Å². The van der Waals surface area contributed by atoms with E-state index >= 15 is 0 Å². The number of anilines is 1. The average Bonchev–Trinajstić information content (AvgIpc) is 2.48. The first-order valence-electron chi connectivity index (χ1n) is 5.90. The van der Waals surface area contributed by atoms with Gasteiger partial charge in [-0.3, -0.25) is 0 Å². The molecule has 0 aliphatic heterocycles. The molecule has 0 bridgehead atoms. The van der Waals surface area contributed by atoms with E-state index in [1.54, 1.807) is 31.4 Å². The third-order valence-electron chi connectivity index (χ3n) is 2.81. The zero-order valence-corrected chi connectivity index (χ0v) is 12.4. The molecule has 3 nitrogen and oxygen atoms in total. The predicted molar refractivity (Wildman–Crippen MR) is 79.1 cm³/mol. The van der Waals surface area contributed by atoms with Gasteiger partial charge in [-0.15, -0.1) is 0 Å². The molecule has 2 aromatic carbocycles. The maximum Gasteiger partial charge on any atom is 0.143 e. The molecule has 0 atom stereocenters. The Hall–Kier alpha value is -2.06. The van der Waals surface area contributed by atoms with Crippen LogP contribution in [0.5, 0.6) is 5.75 Å². The van der Waals surface area contributed by atoms with Crippen LogP contribution in [-0.2, 0) is 6.54 Å². The maximum absolute atomic E-state index is 13.2. The quantitative estimate of drug-likeness (QED) is 0.916. The number of hydrogen-bond donors (Lipinski definition) is 1. The van der Waals surface area contributed by atoms with E-state index < -0.39 is 0 Å². The zero-order chi connectivity index (χ0) is 14.5. The molecule has 0 saturated carbocycles. The van der Waals surface area contributed by atoms with Crippen molar-refractivity contribution in [2.24, 2.45) is 0 Å². The van der Waals surface area contributed by atoms with Crippen LogP contribution in [0.15, 0.2) is 40.9 Å². The summed E-state index contributed by atoms with van der Waals surface area (Å²) in [5.41, 5.74) is 2.08. The Morgan fingerprint density at radius 2 is 2.10 bits per heavy atom. The molecule has 0 radical (unpaired) electrons. The minimum atomic E-state index is -0.281. The fourth-order valence-corrected chi connectivity index (χ4v) is 2.16. The number of rotatable bonds is 4. The van der Waals surface area contributed by atoms with Crippen LogP contribution >= 0.6 is 15.9 Å². The number of ether oxygens (including phenoxy) is 1. The van der Waals surface area contributed by atoms with E-state index in [2.05, 4.69) is 27.3 Å². The summed E-state index contributed by atoms with van der Waals surface area (Å²) in [4.78, 5) is 0. The van der Waals surface area contributed by atoms with Crippen molar-refractivity contribution < 1.29 is 9.13 Å². The molecule has 5 heteroatoms. The Bertz CT molecular complexity index is 667. The Labute approximate surface area is 125 Å². The minimum absolute atomic E-state index is 0.281. The molecule has 0 heterocycles. The SMILES string of the molecule is COc1cc(C#N)ccc1NCc1cc(F)ccc1Br. The van der Waals surface area contributed by atoms with Crippen molar-refractivity contribution in [1.82, 2.24) is 0 Å². The van der Waals surface area contributed by atoms with Gasteiger partial charge in [0.1, 0.15) is 11.6 Å². The van der Waals surface area contributed by atoms with Crippen molar-refractivity contribution in [3.05, 3.63) is 57.8 Å². The van der Waals surface area contributed by atoms with E-state index in [1.807, 2.05) is 0 Å². The lowest BCUT2D eigenvalue weighted by molar-refractivity contribution is 0.416. The van der Waals surface area contributed by atoms with Gasteiger partial charge >= 0.3 is 0 Å². The van der Waals surface area contributed by atoms with Crippen molar-refractivity contribution in [3.8, 4) is 11.8 Å². The van der Waals surface area contributed by atoms with E-state index in [0.717, 1.165) is 15.7 Å². The lowest BCUT2D eigenvalue weighted by atomic mass is 10.2. The van der Waals surface area contributed by atoms with Crippen LogP contribution in [-0.4, -0.2) is 7.11 Å². The molecule has 102 valence electrons. The second-order valence-electron chi connectivity index (χ2n) is 4.12. The lowest BCUT2D eigenvalue weighted by Gasteiger charge is -2.12. The number of nitrogens with one attached hydrogen (secondary N) is 1. The molecule has 20 heavy (non-hydrogen) atoms.